The standard InChI is InChI=1S/C11H17NO3.C2H6/c1-5-14-10-6-8(2)11(9(3)12-10)15-7-13-4;1-2/h6H,5,7H2,1-4H3;1-2H3. The highest BCUT2D eigenvalue weighted by atomic mass is 16.7. The van der Waals surface area contributed by atoms with Gasteiger partial charge in [0, 0.05) is 13.2 Å². The van der Waals surface area contributed by atoms with Crippen molar-refractivity contribution < 1.29 is 14.2 Å². The summed E-state index contributed by atoms with van der Waals surface area (Å²) in [5.74, 6) is 1.40. The molecule has 1 rings (SSSR count). The Hall–Kier alpha value is -1.29. The lowest BCUT2D eigenvalue weighted by molar-refractivity contribution is 0.0497. The molecule has 17 heavy (non-hydrogen) atoms. The van der Waals surface area contributed by atoms with Crippen LogP contribution in [0.1, 0.15) is 32.0 Å². The minimum absolute atomic E-state index is 0.233. The summed E-state index contributed by atoms with van der Waals surface area (Å²) in [6.45, 7) is 10.6. The lowest BCUT2D eigenvalue weighted by Gasteiger charge is -2.12. The van der Waals surface area contributed by atoms with Crippen LogP contribution in [0.4, 0.5) is 0 Å². The van der Waals surface area contributed by atoms with Crippen molar-refractivity contribution in [2.45, 2.75) is 34.6 Å². The molecule has 0 bridgehead atoms. The summed E-state index contributed by atoms with van der Waals surface area (Å²) in [6, 6.07) is 1.86. The van der Waals surface area contributed by atoms with Crippen LogP contribution < -0.4 is 9.47 Å². The smallest absolute Gasteiger partial charge is 0.213 e. The van der Waals surface area contributed by atoms with Gasteiger partial charge in [-0.05, 0) is 26.3 Å². The van der Waals surface area contributed by atoms with Gasteiger partial charge in [0.1, 0.15) is 5.75 Å². The van der Waals surface area contributed by atoms with Gasteiger partial charge in [-0.15, -0.1) is 0 Å². The number of ether oxygens (including phenoxy) is 3. The zero-order valence-electron chi connectivity index (χ0n) is 11.7. The van der Waals surface area contributed by atoms with Crippen molar-refractivity contribution in [1.29, 1.82) is 0 Å². The lowest BCUT2D eigenvalue weighted by atomic mass is 10.2. The number of methoxy groups -OCH3 is 1. The minimum atomic E-state index is 0.233. The van der Waals surface area contributed by atoms with E-state index in [1.54, 1.807) is 7.11 Å². The number of rotatable bonds is 5. The van der Waals surface area contributed by atoms with Crippen LogP contribution in [0.3, 0.4) is 0 Å². The molecule has 0 spiro atoms. The van der Waals surface area contributed by atoms with Crippen LogP contribution in [0.15, 0.2) is 6.07 Å². The third kappa shape index (κ3) is 5.04. The van der Waals surface area contributed by atoms with Gasteiger partial charge in [0.25, 0.3) is 0 Å². The maximum Gasteiger partial charge on any atom is 0.213 e. The van der Waals surface area contributed by atoms with Gasteiger partial charge in [0.15, 0.2) is 6.79 Å². The van der Waals surface area contributed by atoms with Crippen molar-refractivity contribution in [2.75, 3.05) is 20.5 Å². The maximum absolute atomic E-state index is 5.41. The molecule has 0 aliphatic rings. The number of aryl methyl sites for hydroxylation is 2. The van der Waals surface area contributed by atoms with Gasteiger partial charge in [-0.3, -0.25) is 0 Å². The Labute approximate surface area is 104 Å². The molecular weight excluding hydrogens is 218 g/mol. The average molecular weight is 241 g/mol. The first-order valence-electron chi connectivity index (χ1n) is 5.91. The second-order valence-electron chi connectivity index (χ2n) is 3.18. The van der Waals surface area contributed by atoms with E-state index in [9.17, 15) is 0 Å². The van der Waals surface area contributed by atoms with Crippen molar-refractivity contribution in [1.82, 2.24) is 4.98 Å². The number of hydrogen-bond donors (Lipinski definition) is 0. The van der Waals surface area contributed by atoms with Crippen LogP contribution in [0.25, 0.3) is 0 Å². The van der Waals surface area contributed by atoms with E-state index in [1.165, 1.54) is 0 Å². The zero-order chi connectivity index (χ0) is 13.3. The van der Waals surface area contributed by atoms with Crippen LogP contribution >= 0.6 is 0 Å². The van der Waals surface area contributed by atoms with E-state index in [0.717, 1.165) is 17.0 Å². The molecule has 0 N–H and O–H groups in total. The Kier molecular flexibility index (Phi) is 8.15. The van der Waals surface area contributed by atoms with Gasteiger partial charge >= 0.3 is 0 Å². The maximum atomic E-state index is 5.41. The fraction of sp³-hybridized carbons (Fsp3) is 0.615. The molecule has 98 valence electrons. The molecule has 0 aliphatic heterocycles. The van der Waals surface area contributed by atoms with Crippen molar-refractivity contribution >= 4 is 0 Å². The molecule has 0 saturated heterocycles. The van der Waals surface area contributed by atoms with Gasteiger partial charge in [0.2, 0.25) is 5.88 Å². The molecular formula is C13H23NO3. The summed E-state index contributed by atoms with van der Waals surface area (Å²) < 4.78 is 15.6. The third-order valence-electron chi connectivity index (χ3n) is 1.92. The van der Waals surface area contributed by atoms with Gasteiger partial charge in [-0.1, -0.05) is 13.8 Å². The molecule has 1 aromatic heterocycles. The first-order chi connectivity index (χ1) is 8.19. The molecule has 0 amide bonds. The van der Waals surface area contributed by atoms with Gasteiger partial charge < -0.3 is 14.2 Å². The van der Waals surface area contributed by atoms with Crippen LogP contribution in [0.5, 0.6) is 11.6 Å². The Bertz CT molecular complexity index is 303. The van der Waals surface area contributed by atoms with E-state index < -0.39 is 0 Å². The summed E-state index contributed by atoms with van der Waals surface area (Å²) in [4.78, 5) is 4.27. The normalized spacial score (nSPS) is 9.29. The number of pyridine rings is 1. The summed E-state index contributed by atoms with van der Waals surface area (Å²) in [5.41, 5.74) is 1.82. The van der Waals surface area contributed by atoms with Crippen molar-refractivity contribution in [3.63, 3.8) is 0 Å². The summed E-state index contributed by atoms with van der Waals surface area (Å²) in [7, 11) is 1.59. The highest BCUT2D eigenvalue weighted by Crippen LogP contribution is 2.25. The Balaban J connectivity index is 0.00000121. The quantitative estimate of drug-likeness (QED) is 0.743. The first kappa shape index (κ1) is 15.7. The van der Waals surface area contributed by atoms with Crippen LogP contribution in [-0.2, 0) is 4.74 Å². The molecule has 1 aromatic rings. The fourth-order valence-corrected chi connectivity index (χ4v) is 1.34. The van der Waals surface area contributed by atoms with E-state index in [4.69, 9.17) is 14.2 Å². The van der Waals surface area contributed by atoms with Gasteiger partial charge in [-0.25, -0.2) is 4.98 Å². The molecule has 0 fully saturated rings. The number of aromatic nitrogens is 1. The Morgan fingerprint density at radius 3 is 2.29 bits per heavy atom. The molecule has 4 nitrogen and oxygen atoms in total. The van der Waals surface area contributed by atoms with Crippen LogP contribution in [0, 0.1) is 13.8 Å². The molecule has 0 aliphatic carbocycles. The average Bonchev–Trinajstić information content (AvgIpc) is 2.31. The van der Waals surface area contributed by atoms with E-state index in [0.29, 0.717) is 12.5 Å². The number of hydrogen-bond acceptors (Lipinski definition) is 4. The second kappa shape index (κ2) is 8.82. The van der Waals surface area contributed by atoms with Crippen LogP contribution in [-0.4, -0.2) is 25.5 Å². The highest BCUT2D eigenvalue weighted by molar-refractivity contribution is 5.39. The monoisotopic (exact) mass is 241 g/mol. The molecule has 0 atom stereocenters. The topological polar surface area (TPSA) is 40.6 Å². The molecule has 4 heteroatoms. The van der Waals surface area contributed by atoms with E-state index >= 15 is 0 Å². The van der Waals surface area contributed by atoms with E-state index in [1.807, 2.05) is 40.7 Å². The van der Waals surface area contributed by atoms with Crippen molar-refractivity contribution in [2.24, 2.45) is 0 Å². The Morgan fingerprint density at radius 1 is 1.18 bits per heavy atom. The molecule has 0 aromatic carbocycles. The second-order valence-corrected chi connectivity index (χ2v) is 3.18. The largest absolute Gasteiger partial charge is 0.478 e. The zero-order valence-corrected chi connectivity index (χ0v) is 11.7. The number of nitrogens with zero attached hydrogens (tertiary/aromatic N) is 1. The fourth-order valence-electron chi connectivity index (χ4n) is 1.34. The molecule has 0 saturated carbocycles. The summed E-state index contributed by atoms with van der Waals surface area (Å²) >= 11 is 0. The van der Waals surface area contributed by atoms with E-state index in [2.05, 4.69) is 4.98 Å². The first-order valence-corrected chi connectivity index (χ1v) is 5.91. The molecule has 0 radical (unpaired) electrons. The minimum Gasteiger partial charge on any atom is -0.478 e. The SMILES string of the molecule is CC.CCOc1cc(C)c(OCOC)c(C)n1. The third-order valence-corrected chi connectivity index (χ3v) is 1.92. The predicted molar refractivity (Wildman–Crippen MR) is 68.7 cm³/mol. The summed E-state index contributed by atoms with van der Waals surface area (Å²) in [5, 5.41) is 0. The Morgan fingerprint density at radius 2 is 1.82 bits per heavy atom. The van der Waals surface area contributed by atoms with Crippen LogP contribution in [0.2, 0.25) is 0 Å². The highest BCUT2D eigenvalue weighted by Gasteiger charge is 2.08. The van der Waals surface area contributed by atoms with E-state index in [-0.39, 0.29) is 6.79 Å². The van der Waals surface area contributed by atoms with Crippen molar-refractivity contribution in [3.05, 3.63) is 17.3 Å². The molecule has 1 heterocycles. The predicted octanol–water partition coefficient (Wildman–Crippen LogP) is 3.11. The summed E-state index contributed by atoms with van der Waals surface area (Å²) in [6.07, 6.45) is 0. The van der Waals surface area contributed by atoms with Gasteiger partial charge in [-0.2, -0.15) is 0 Å². The van der Waals surface area contributed by atoms with Gasteiger partial charge in [0.05, 0.1) is 12.3 Å². The lowest BCUT2D eigenvalue weighted by Crippen LogP contribution is -2.04. The van der Waals surface area contributed by atoms with Crippen molar-refractivity contribution in [3.8, 4) is 11.6 Å². The molecule has 0 unspecified atom stereocenters.